The normalized spacial score (nSPS) is 20.6. The molecule has 1 aromatic heterocycles. The minimum absolute atomic E-state index is 0.131. The van der Waals surface area contributed by atoms with E-state index in [0.29, 0.717) is 12.8 Å². The third kappa shape index (κ3) is 9.47. The van der Waals surface area contributed by atoms with Crippen molar-refractivity contribution >= 4 is 39.0 Å². The van der Waals surface area contributed by atoms with Crippen molar-refractivity contribution in [2.45, 2.75) is 71.3 Å². The van der Waals surface area contributed by atoms with E-state index in [1.54, 1.807) is 17.4 Å². The molecule has 166 valence electrons. The molecule has 30 heavy (non-hydrogen) atoms. The zero-order chi connectivity index (χ0) is 22.5. The van der Waals surface area contributed by atoms with Crippen LogP contribution in [-0.4, -0.2) is 22.9 Å². The Kier molecular flexibility index (Phi) is 12.7. The number of carboxylic acids is 1. The molecular formula is C23H32BrNO4S. The van der Waals surface area contributed by atoms with Gasteiger partial charge in [-0.2, -0.15) is 4.91 Å². The summed E-state index contributed by atoms with van der Waals surface area (Å²) in [5.74, 6) is -0.0687. The van der Waals surface area contributed by atoms with E-state index in [2.05, 4.69) is 40.7 Å². The number of aliphatic carboxylic acids is 1. The SMILES string of the molecule is C=CC[C@H]1C(N=O)CC[C@@H]1/C=C/C(=O)CCCc1cc(Br)c(C)s1.CCCC(=O)O. The number of thiophene rings is 1. The van der Waals surface area contributed by atoms with Gasteiger partial charge in [0.05, 0.1) is 6.04 Å². The lowest BCUT2D eigenvalue weighted by Crippen LogP contribution is -2.15. The average Bonchev–Trinajstić information content (AvgIpc) is 3.23. The highest BCUT2D eigenvalue weighted by molar-refractivity contribution is 9.10. The monoisotopic (exact) mass is 497 g/mol. The first-order chi connectivity index (χ1) is 14.3. The van der Waals surface area contributed by atoms with Gasteiger partial charge < -0.3 is 5.11 Å². The second-order valence-electron chi connectivity index (χ2n) is 7.54. The summed E-state index contributed by atoms with van der Waals surface area (Å²) in [5, 5.41) is 11.2. The topological polar surface area (TPSA) is 83.8 Å². The number of rotatable bonds is 11. The Morgan fingerprint density at radius 3 is 2.60 bits per heavy atom. The molecule has 1 N–H and O–H groups in total. The van der Waals surface area contributed by atoms with Crippen LogP contribution in [0.2, 0.25) is 0 Å². The second-order valence-corrected chi connectivity index (χ2v) is 9.74. The number of carbonyl (C=O) groups is 2. The van der Waals surface area contributed by atoms with Crippen molar-refractivity contribution in [3.05, 3.63) is 50.0 Å². The molecule has 1 aliphatic carbocycles. The van der Waals surface area contributed by atoms with Gasteiger partial charge in [0.15, 0.2) is 5.78 Å². The van der Waals surface area contributed by atoms with E-state index in [0.717, 1.165) is 43.0 Å². The van der Waals surface area contributed by atoms with Gasteiger partial charge in [-0.1, -0.05) is 24.3 Å². The number of nitroso groups, excluding NO2 is 1. The maximum absolute atomic E-state index is 12.1. The lowest BCUT2D eigenvalue weighted by molar-refractivity contribution is -0.137. The molecule has 0 aliphatic heterocycles. The Hall–Kier alpha value is -1.60. The van der Waals surface area contributed by atoms with Gasteiger partial charge in [0.2, 0.25) is 0 Å². The predicted octanol–water partition coefficient (Wildman–Crippen LogP) is 6.88. The minimum atomic E-state index is -0.711. The molecule has 1 heterocycles. The van der Waals surface area contributed by atoms with Crippen LogP contribution >= 0.6 is 27.3 Å². The number of carbonyl (C=O) groups excluding carboxylic acids is 1. The number of nitrogens with zero attached hydrogens (tertiary/aromatic N) is 1. The smallest absolute Gasteiger partial charge is 0.303 e. The number of ketones is 1. The van der Waals surface area contributed by atoms with Crippen LogP contribution in [0.4, 0.5) is 0 Å². The fraction of sp³-hybridized carbons (Fsp3) is 0.565. The molecule has 7 heteroatoms. The Morgan fingerprint density at radius 1 is 1.37 bits per heavy atom. The summed E-state index contributed by atoms with van der Waals surface area (Å²) in [6.45, 7) is 7.70. The van der Waals surface area contributed by atoms with E-state index in [1.165, 1.54) is 9.75 Å². The minimum Gasteiger partial charge on any atom is -0.481 e. The summed E-state index contributed by atoms with van der Waals surface area (Å²) < 4.78 is 1.15. The maximum Gasteiger partial charge on any atom is 0.303 e. The van der Waals surface area contributed by atoms with Gasteiger partial charge in [-0.15, -0.1) is 17.9 Å². The number of allylic oxidation sites excluding steroid dienone is 3. The first kappa shape index (κ1) is 26.4. The van der Waals surface area contributed by atoms with Crippen molar-refractivity contribution in [3.8, 4) is 0 Å². The van der Waals surface area contributed by atoms with E-state index in [9.17, 15) is 14.5 Å². The maximum atomic E-state index is 12.1. The lowest BCUT2D eigenvalue weighted by Gasteiger charge is -2.16. The zero-order valence-corrected chi connectivity index (χ0v) is 20.2. The first-order valence-electron chi connectivity index (χ1n) is 10.4. The van der Waals surface area contributed by atoms with Crippen molar-refractivity contribution in [3.63, 3.8) is 0 Å². The molecule has 1 fully saturated rings. The predicted molar refractivity (Wildman–Crippen MR) is 127 cm³/mol. The molecule has 0 bridgehead atoms. The van der Waals surface area contributed by atoms with Crippen molar-refractivity contribution in [1.29, 1.82) is 0 Å². The standard InChI is InChI=1S/C19H24BrNO2S.C4H8O2/c1-3-5-17-14(9-11-19(17)21-23)8-10-15(22)6-4-7-16-12-18(20)13(2)24-16;1-2-3-4(5)6/h3,8,10,12,14,17,19H,1,4-7,9,11H2,2H3;2-3H2,1H3,(H,5,6)/b10-8+;/t14-,17+,19?;/m0./s1. The molecule has 1 aliphatic rings. The molecule has 0 amide bonds. The van der Waals surface area contributed by atoms with Gasteiger partial charge in [0, 0.05) is 27.1 Å². The Bertz CT molecular complexity index is 724. The molecule has 0 aromatic carbocycles. The fourth-order valence-electron chi connectivity index (χ4n) is 3.58. The summed E-state index contributed by atoms with van der Waals surface area (Å²) in [7, 11) is 0. The van der Waals surface area contributed by atoms with Crippen LogP contribution in [0, 0.1) is 23.7 Å². The van der Waals surface area contributed by atoms with Crippen molar-refractivity contribution in [2.75, 3.05) is 0 Å². The van der Waals surface area contributed by atoms with Gasteiger partial charge in [-0.3, -0.25) is 9.59 Å². The van der Waals surface area contributed by atoms with Gasteiger partial charge in [0.25, 0.3) is 0 Å². The highest BCUT2D eigenvalue weighted by Crippen LogP contribution is 2.37. The highest BCUT2D eigenvalue weighted by Gasteiger charge is 2.34. The number of halogens is 1. The van der Waals surface area contributed by atoms with Crippen LogP contribution in [0.5, 0.6) is 0 Å². The van der Waals surface area contributed by atoms with E-state index in [1.807, 2.05) is 19.1 Å². The largest absolute Gasteiger partial charge is 0.481 e. The Balaban J connectivity index is 0.000000656. The van der Waals surface area contributed by atoms with E-state index >= 15 is 0 Å². The van der Waals surface area contributed by atoms with Crippen LogP contribution in [0.15, 0.2) is 40.5 Å². The van der Waals surface area contributed by atoms with E-state index < -0.39 is 5.97 Å². The molecule has 1 unspecified atom stereocenters. The van der Waals surface area contributed by atoms with Crippen LogP contribution in [0.25, 0.3) is 0 Å². The third-order valence-electron chi connectivity index (χ3n) is 5.16. The van der Waals surface area contributed by atoms with Crippen LogP contribution in [0.3, 0.4) is 0 Å². The van der Waals surface area contributed by atoms with Crippen LogP contribution < -0.4 is 0 Å². The number of hydrogen-bond acceptors (Lipinski definition) is 5. The summed E-state index contributed by atoms with van der Waals surface area (Å²) >= 11 is 5.31. The molecule has 3 atom stereocenters. The molecule has 1 saturated carbocycles. The van der Waals surface area contributed by atoms with Crippen molar-refractivity contribution in [1.82, 2.24) is 0 Å². The molecule has 2 rings (SSSR count). The quantitative estimate of drug-likeness (QED) is 0.205. The van der Waals surface area contributed by atoms with Crippen molar-refractivity contribution < 1.29 is 14.7 Å². The highest BCUT2D eigenvalue weighted by atomic mass is 79.9. The lowest BCUT2D eigenvalue weighted by atomic mass is 9.90. The number of aryl methyl sites for hydroxylation is 2. The van der Waals surface area contributed by atoms with E-state index in [-0.39, 0.29) is 23.7 Å². The molecule has 0 saturated heterocycles. The van der Waals surface area contributed by atoms with Gasteiger partial charge >= 0.3 is 5.97 Å². The number of hydrogen-bond donors (Lipinski definition) is 1. The van der Waals surface area contributed by atoms with Crippen molar-refractivity contribution in [2.24, 2.45) is 17.0 Å². The number of carboxylic acid groups (broad SMARTS) is 1. The molecule has 1 aromatic rings. The molecular weight excluding hydrogens is 466 g/mol. The Labute approximate surface area is 191 Å². The van der Waals surface area contributed by atoms with Gasteiger partial charge in [0.1, 0.15) is 0 Å². The van der Waals surface area contributed by atoms with Gasteiger partial charge in [-0.05, 0) is 85.4 Å². The average molecular weight is 498 g/mol. The fourth-order valence-corrected chi connectivity index (χ4v) is 5.22. The summed E-state index contributed by atoms with van der Waals surface area (Å²) in [4.78, 5) is 35.2. The second kappa shape index (κ2) is 14.4. The summed E-state index contributed by atoms with van der Waals surface area (Å²) in [6, 6.07) is 2.01. The molecule has 0 radical (unpaired) electrons. The summed E-state index contributed by atoms with van der Waals surface area (Å²) in [6.07, 6.45) is 11.5. The summed E-state index contributed by atoms with van der Waals surface area (Å²) in [5.41, 5.74) is 0. The molecule has 5 nitrogen and oxygen atoms in total. The zero-order valence-electron chi connectivity index (χ0n) is 17.8. The van der Waals surface area contributed by atoms with Crippen LogP contribution in [-0.2, 0) is 16.0 Å². The van der Waals surface area contributed by atoms with Crippen LogP contribution in [0.1, 0.15) is 61.6 Å². The third-order valence-corrected chi connectivity index (χ3v) is 7.36. The van der Waals surface area contributed by atoms with Gasteiger partial charge in [-0.25, -0.2) is 0 Å². The first-order valence-corrected chi connectivity index (χ1v) is 12.0. The Morgan fingerprint density at radius 2 is 2.10 bits per heavy atom. The molecule has 0 spiro atoms. The van der Waals surface area contributed by atoms with E-state index in [4.69, 9.17) is 5.11 Å².